The van der Waals surface area contributed by atoms with Gasteiger partial charge in [0.25, 0.3) is 5.91 Å². The Morgan fingerprint density at radius 1 is 1.23 bits per heavy atom. The predicted molar refractivity (Wildman–Crippen MR) is 115 cm³/mol. The average Bonchev–Trinajstić information content (AvgIpc) is 2.79. The van der Waals surface area contributed by atoms with Gasteiger partial charge in [0.05, 0.1) is 30.8 Å². The lowest BCUT2D eigenvalue weighted by atomic mass is 9.96. The van der Waals surface area contributed by atoms with Crippen LogP contribution in [0.4, 0.5) is 10.2 Å². The molecule has 1 amide bonds. The Labute approximate surface area is 179 Å². The number of hydrogen-bond donors (Lipinski definition) is 2. The van der Waals surface area contributed by atoms with Gasteiger partial charge in [0, 0.05) is 24.2 Å². The van der Waals surface area contributed by atoms with Crippen LogP contribution in [0.3, 0.4) is 0 Å². The molecule has 1 aliphatic rings. The number of halogens is 1. The Morgan fingerprint density at radius 2 is 2.03 bits per heavy atom. The summed E-state index contributed by atoms with van der Waals surface area (Å²) in [7, 11) is 0. The molecule has 0 aliphatic carbocycles. The Bertz CT molecular complexity index is 1090. The van der Waals surface area contributed by atoms with E-state index in [4.69, 9.17) is 10.5 Å². The highest BCUT2D eigenvalue weighted by Gasteiger charge is 2.29. The summed E-state index contributed by atoms with van der Waals surface area (Å²) in [6.45, 7) is 2.73. The van der Waals surface area contributed by atoms with Crippen molar-refractivity contribution in [3.8, 4) is 22.4 Å². The van der Waals surface area contributed by atoms with Gasteiger partial charge in [-0.25, -0.2) is 9.37 Å². The lowest BCUT2D eigenvalue weighted by molar-refractivity contribution is -0.0745. The van der Waals surface area contributed by atoms with Crippen LogP contribution in [-0.4, -0.2) is 57.8 Å². The maximum absolute atomic E-state index is 14.9. The number of aliphatic hydroxyl groups is 1. The Kier molecular flexibility index (Phi) is 5.92. The molecule has 1 fully saturated rings. The number of hydrogen-bond acceptors (Lipinski definition) is 6. The number of carbonyl (C=O) groups is 1. The predicted octanol–water partition coefficient (Wildman–Crippen LogP) is 2.75. The van der Waals surface area contributed by atoms with Crippen molar-refractivity contribution in [1.29, 1.82) is 0 Å². The van der Waals surface area contributed by atoms with Crippen molar-refractivity contribution in [2.24, 2.45) is 0 Å². The van der Waals surface area contributed by atoms with Crippen LogP contribution in [0.1, 0.15) is 17.3 Å². The molecule has 0 spiro atoms. The number of carbonyl (C=O) groups excluding carboxylic acids is 1. The zero-order valence-corrected chi connectivity index (χ0v) is 17.0. The van der Waals surface area contributed by atoms with E-state index in [1.54, 1.807) is 48.2 Å². The zero-order valence-electron chi connectivity index (χ0n) is 17.0. The van der Waals surface area contributed by atoms with Crippen LogP contribution in [0.15, 0.2) is 54.9 Å². The Morgan fingerprint density at radius 3 is 2.74 bits per heavy atom. The van der Waals surface area contributed by atoms with Crippen LogP contribution in [0, 0.1) is 5.82 Å². The molecule has 2 atom stereocenters. The summed E-state index contributed by atoms with van der Waals surface area (Å²) in [6, 6.07) is 11.8. The van der Waals surface area contributed by atoms with Crippen LogP contribution in [-0.2, 0) is 4.74 Å². The van der Waals surface area contributed by atoms with E-state index in [0.29, 0.717) is 47.6 Å². The second kappa shape index (κ2) is 8.79. The normalized spacial score (nSPS) is 17.4. The number of nitrogen functional groups attached to an aromatic ring is 1. The second-order valence-corrected chi connectivity index (χ2v) is 7.47. The fourth-order valence-corrected chi connectivity index (χ4v) is 3.61. The molecule has 0 saturated carbocycles. The molecular weight excluding hydrogens is 399 g/mol. The zero-order chi connectivity index (χ0) is 22.0. The van der Waals surface area contributed by atoms with Crippen molar-refractivity contribution < 1.29 is 19.0 Å². The van der Waals surface area contributed by atoms with E-state index in [0.717, 1.165) is 0 Å². The van der Waals surface area contributed by atoms with Crippen LogP contribution in [0.25, 0.3) is 22.4 Å². The number of rotatable bonds is 4. The van der Waals surface area contributed by atoms with Gasteiger partial charge >= 0.3 is 0 Å². The van der Waals surface area contributed by atoms with Gasteiger partial charge in [-0.15, -0.1) is 0 Å². The van der Waals surface area contributed by atoms with E-state index in [1.807, 2.05) is 0 Å². The summed E-state index contributed by atoms with van der Waals surface area (Å²) < 4.78 is 20.4. The van der Waals surface area contributed by atoms with E-state index < -0.39 is 18.0 Å². The largest absolute Gasteiger partial charge is 0.391 e. The maximum atomic E-state index is 14.9. The average molecular weight is 422 g/mol. The highest BCUT2D eigenvalue weighted by molar-refractivity contribution is 6.01. The van der Waals surface area contributed by atoms with Crippen LogP contribution < -0.4 is 5.73 Å². The number of nitrogens with two attached hydrogens (primary N) is 1. The molecule has 3 N–H and O–H groups in total. The first-order valence-electron chi connectivity index (χ1n) is 10.00. The second-order valence-electron chi connectivity index (χ2n) is 7.47. The summed E-state index contributed by atoms with van der Waals surface area (Å²) in [5, 5.41) is 9.82. The lowest BCUT2D eigenvalue weighted by Gasteiger charge is -2.34. The maximum Gasteiger partial charge on any atom is 0.254 e. The smallest absolute Gasteiger partial charge is 0.254 e. The van der Waals surface area contributed by atoms with Gasteiger partial charge in [-0.1, -0.05) is 24.3 Å². The molecule has 4 rings (SSSR count). The van der Waals surface area contributed by atoms with Crippen LogP contribution in [0.2, 0.25) is 0 Å². The van der Waals surface area contributed by atoms with Crippen molar-refractivity contribution in [3.05, 3.63) is 66.2 Å². The summed E-state index contributed by atoms with van der Waals surface area (Å²) in [6.07, 6.45) is 1.69. The number of morpholine rings is 1. The van der Waals surface area contributed by atoms with Gasteiger partial charge in [-0.05, 0) is 36.2 Å². The van der Waals surface area contributed by atoms with E-state index in [-0.39, 0.29) is 11.7 Å². The van der Waals surface area contributed by atoms with Crippen molar-refractivity contribution in [2.45, 2.75) is 19.1 Å². The third-order valence-electron chi connectivity index (χ3n) is 5.30. The fraction of sp³-hybridized carbons (Fsp3) is 0.261. The molecule has 0 bridgehead atoms. The monoisotopic (exact) mass is 422 g/mol. The molecule has 1 aromatic heterocycles. The fourth-order valence-electron chi connectivity index (χ4n) is 3.61. The van der Waals surface area contributed by atoms with E-state index in [1.165, 1.54) is 18.5 Å². The quantitative estimate of drug-likeness (QED) is 0.670. The number of benzene rings is 2. The van der Waals surface area contributed by atoms with Crippen molar-refractivity contribution in [2.75, 3.05) is 25.4 Å². The number of aliphatic hydroxyl groups excluding tert-OH is 1. The molecule has 1 saturated heterocycles. The molecule has 7 nitrogen and oxygen atoms in total. The Hall–Kier alpha value is -3.36. The molecule has 2 aromatic carbocycles. The molecule has 1 aliphatic heterocycles. The minimum atomic E-state index is -0.677. The number of ether oxygens (including phenoxy) is 1. The molecule has 8 heteroatoms. The minimum Gasteiger partial charge on any atom is -0.391 e. The van der Waals surface area contributed by atoms with Crippen molar-refractivity contribution >= 4 is 11.7 Å². The molecule has 31 heavy (non-hydrogen) atoms. The first-order valence-corrected chi connectivity index (χ1v) is 10.00. The first kappa shape index (κ1) is 20.9. The summed E-state index contributed by atoms with van der Waals surface area (Å²) in [5.41, 5.74) is 7.89. The van der Waals surface area contributed by atoms with E-state index >= 15 is 0 Å². The third-order valence-corrected chi connectivity index (χ3v) is 5.30. The number of amides is 1. The van der Waals surface area contributed by atoms with E-state index in [2.05, 4.69) is 9.97 Å². The standard InChI is InChI=1S/C23H23FN4O3/c1-14(29)21-13-28(8-9-31-21)23(30)17-5-3-2-4-16(17)15-6-7-18(19(24)10-15)20-11-27-22(25)12-26-20/h2-7,10-12,14,21,29H,8-9,13H2,1H3,(H2,25,27). The molecule has 160 valence electrons. The van der Waals surface area contributed by atoms with Gasteiger partial charge in [0.15, 0.2) is 0 Å². The SMILES string of the molecule is CC(O)C1CN(C(=O)c2ccccc2-c2ccc(-c3cnc(N)cn3)c(F)c2)CCO1. The van der Waals surface area contributed by atoms with Gasteiger partial charge in [0.1, 0.15) is 17.7 Å². The number of aromatic nitrogens is 2. The number of anilines is 1. The minimum absolute atomic E-state index is 0.182. The van der Waals surface area contributed by atoms with Gasteiger partial charge in [-0.3, -0.25) is 9.78 Å². The molecule has 2 unspecified atom stereocenters. The molecule has 3 aromatic rings. The van der Waals surface area contributed by atoms with Crippen molar-refractivity contribution in [1.82, 2.24) is 14.9 Å². The topological polar surface area (TPSA) is 102 Å². The molecular formula is C23H23FN4O3. The summed E-state index contributed by atoms with van der Waals surface area (Å²) in [4.78, 5) is 23.0. The molecule has 2 heterocycles. The highest BCUT2D eigenvalue weighted by atomic mass is 19.1. The van der Waals surface area contributed by atoms with Crippen LogP contribution >= 0.6 is 0 Å². The van der Waals surface area contributed by atoms with Gasteiger partial charge in [-0.2, -0.15) is 0 Å². The highest BCUT2D eigenvalue weighted by Crippen LogP contribution is 2.30. The van der Waals surface area contributed by atoms with E-state index in [9.17, 15) is 14.3 Å². The Balaban J connectivity index is 1.65. The number of nitrogens with zero attached hydrogens (tertiary/aromatic N) is 3. The van der Waals surface area contributed by atoms with Gasteiger partial charge in [0.2, 0.25) is 0 Å². The van der Waals surface area contributed by atoms with Crippen LogP contribution in [0.5, 0.6) is 0 Å². The summed E-state index contributed by atoms with van der Waals surface area (Å²) >= 11 is 0. The van der Waals surface area contributed by atoms with Crippen molar-refractivity contribution in [3.63, 3.8) is 0 Å². The first-order chi connectivity index (χ1) is 14.9. The summed E-state index contributed by atoms with van der Waals surface area (Å²) in [5.74, 6) is -0.396. The van der Waals surface area contributed by atoms with Gasteiger partial charge < -0.3 is 20.5 Å². The lowest BCUT2D eigenvalue weighted by Crippen LogP contribution is -2.49. The molecule has 0 radical (unpaired) electrons. The third kappa shape index (κ3) is 4.40.